The van der Waals surface area contributed by atoms with Gasteiger partial charge in [-0.05, 0) is 52.3 Å². The standard InChI is InChI=1S/C23H18BrN3O4/c1-30-19-12-14(22-26-18-10-6-5-9-16(18)23(29)27-22)11-17(24)21(19)31-13-20(28)25-15-7-3-2-4-8-15/h2-12H,13H2,1H3,(H,25,28)(H,26,27,29). The number of fused-ring (bicyclic) bond motifs is 1. The van der Waals surface area contributed by atoms with Gasteiger partial charge in [0.25, 0.3) is 11.5 Å². The Morgan fingerprint density at radius 2 is 1.84 bits per heavy atom. The second-order valence-electron chi connectivity index (χ2n) is 6.62. The van der Waals surface area contributed by atoms with Crippen molar-refractivity contribution >= 4 is 38.4 Å². The summed E-state index contributed by atoms with van der Waals surface area (Å²) >= 11 is 3.46. The molecule has 7 nitrogen and oxygen atoms in total. The molecule has 0 saturated carbocycles. The third-order valence-corrected chi connectivity index (χ3v) is 5.11. The van der Waals surface area contributed by atoms with Crippen molar-refractivity contribution in [3.63, 3.8) is 0 Å². The number of carbonyl (C=O) groups excluding carboxylic acids is 1. The molecule has 1 aromatic heterocycles. The van der Waals surface area contributed by atoms with Gasteiger partial charge in [-0.15, -0.1) is 0 Å². The molecule has 0 aliphatic carbocycles. The molecule has 4 aromatic rings. The Labute approximate surface area is 186 Å². The molecule has 1 heterocycles. The molecule has 0 atom stereocenters. The lowest BCUT2D eigenvalue weighted by atomic mass is 10.1. The number of H-pyrrole nitrogens is 1. The number of carbonyl (C=O) groups is 1. The number of methoxy groups -OCH3 is 1. The molecule has 0 aliphatic heterocycles. The van der Waals surface area contributed by atoms with Crippen molar-refractivity contribution < 1.29 is 14.3 Å². The minimum Gasteiger partial charge on any atom is -0.493 e. The molecule has 8 heteroatoms. The van der Waals surface area contributed by atoms with Gasteiger partial charge >= 0.3 is 0 Å². The van der Waals surface area contributed by atoms with E-state index in [1.807, 2.05) is 24.3 Å². The Bertz CT molecular complexity index is 1310. The van der Waals surface area contributed by atoms with Crippen molar-refractivity contribution in [1.82, 2.24) is 9.97 Å². The van der Waals surface area contributed by atoms with Gasteiger partial charge in [-0.25, -0.2) is 4.98 Å². The number of para-hydroxylation sites is 2. The number of nitrogens with zero attached hydrogens (tertiary/aromatic N) is 1. The molecule has 0 aliphatic rings. The molecule has 31 heavy (non-hydrogen) atoms. The normalized spacial score (nSPS) is 10.6. The monoisotopic (exact) mass is 479 g/mol. The second kappa shape index (κ2) is 9.01. The summed E-state index contributed by atoms with van der Waals surface area (Å²) in [5, 5.41) is 3.28. The number of benzene rings is 3. The average molecular weight is 480 g/mol. The number of halogens is 1. The SMILES string of the molecule is COc1cc(-c2nc3ccccc3c(=O)[nH]2)cc(Br)c1OCC(=O)Nc1ccccc1. The quantitative estimate of drug-likeness (QED) is 0.428. The van der Waals surface area contributed by atoms with Gasteiger partial charge in [0, 0.05) is 11.3 Å². The summed E-state index contributed by atoms with van der Waals surface area (Å²) in [5.41, 5.74) is 1.68. The molecule has 0 fully saturated rings. The predicted octanol–water partition coefficient (Wildman–Crippen LogP) is 4.38. The molecule has 0 radical (unpaired) electrons. The maximum Gasteiger partial charge on any atom is 0.262 e. The van der Waals surface area contributed by atoms with E-state index >= 15 is 0 Å². The van der Waals surface area contributed by atoms with Crippen LogP contribution in [-0.4, -0.2) is 29.6 Å². The summed E-state index contributed by atoms with van der Waals surface area (Å²) < 4.78 is 11.7. The number of anilines is 1. The van der Waals surface area contributed by atoms with Crippen LogP contribution in [0.2, 0.25) is 0 Å². The first-order valence-electron chi connectivity index (χ1n) is 9.40. The van der Waals surface area contributed by atoms with E-state index in [9.17, 15) is 9.59 Å². The largest absolute Gasteiger partial charge is 0.493 e. The summed E-state index contributed by atoms with van der Waals surface area (Å²) in [5.74, 6) is 0.867. The van der Waals surface area contributed by atoms with Crippen LogP contribution in [0.25, 0.3) is 22.3 Å². The summed E-state index contributed by atoms with van der Waals surface area (Å²) in [6.07, 6.45) is 0. The smallest absolute Gasteiger partial charge is 0.262 e. The van der Waals surface area contributed by atoms with Gasteiger partial charge in [0.15, 0.2) is 18.1 Å². The summed E-state index contributed by atoms with van der Waals surface area (Å²) in [6.45, 7) is -0.200. The fourth-order valence-corrected chi connectivity index (χ4v) is 3.63. The first kappa shape index (κ1) is 20.6. The third-order valence-electron chi connectivity index (χ3n) is 4.52. The number of hydrogen-bond acceptors (Lipinski definition) is 5. The van der Waals surface area contributed by atoms with E-state index in [0.717, 1.165) is 0 Å². The number of amides is 1. The Morgan fingerprint density at radius 3 is 2.61 bits per heavy atom. The zero-order chi connectivity index (χ0) is 21.8. The van der Waals surface area contributed by atoms with Crippen molar-refractivity contribution in [2.24, 2.45) is 0 Å². The Morgan fingerprint density at radius 1 is 1.10 bits per heavy atom. The molecule has 0 saturated heterocycles. The molecule has 4 rings (SSSR count). The molecule has 0 spiro atoms. The summed E-state index contributed by atoms with van der Waals surface area (Å²) in [6, 6.07) is 19.7. The highest BCUT2D eigenvalue weighted by Crippen LogP contribution is 2.39. The van der Waals surface area contributed by atoms with E-state index in [1.165, 1.54) is 7.11 Å². The van der Waals surface area contributed by atoms with Crippen molar-refractivity contribution in [2.45, 2.75) is 0 Å². The van der Waals surface area contributed by atoms with Gasteiger partial charge in [0.2, 0.25) is 0 Å². The van der Waals surface area contributed by atoms with Gasteiger partial charge in [0.05, 0.1) is 22.5 Å². The highest BCUT2D eigenvalue weighted by Gasteiger charge is 2.16. The van der Waals surface area contributed by atoms with Crippen molar-refractivity contribution in [3.05, 3.63) is 81.6 Å². The zero-order valence-corrected chi connectivity index (χ0v) is 18.1. The predicted molar refractivity (Wildman–Crippen MR) is 123 cm³/mol. The topological polar surface area (TPSA) is 93.3 Å². The van der Waals surface area contributed by atoms with Crippen LogP contribution in [0.15, 0.2) is 76.0 Å². The number of nitrogens with one attached hydrogen (secondary N) is 2. The fraction of sp³-hybridized carbons (Fsp3) is 0.0870. The van der Waals surface area contributed by atoms with Crippen LogP contribution < -0.4 is 20.3 Å². The molecule has 2 N–H and O–H groups in total. The van der Waals surface area contributed by atoms with Gasteiger partial charge in [-0.1, -0.05) is 30.3 Å². The molecular weight excluding hydrogens is 462 g/mol. The highest BCUT2D eigenvalue weighted by atomic mass is 79.9. The number of aromatic amines is 1. The first-order valence-corrected chi connectivity index (χ1v) is 10.2. The maximum atomic E-state index is 12.4. The fourth-order valence-electron chi connectivity index (χ4n) is 3.08. The Balaban J connectivity index is 1.59. The molecule has 0 unspecified atom stereocenters. The van der Waals surface area contributed by atoms with Crippen LogP contribution in [0.4, 0.5) is 5.69 Å². The van der Waals surface area contributed by atoms with Gasteiger partial charge < -0.3 is 19.8 Å². The zero-order valence-electron chi connectivity index (χ0n) is 16.5. The number of aromatic nitrogens is 2. The highest BCUT2D eigenvalue weighted by molar-refractivity contribution is 9.10. The van der Waals surface area contributed by atoms with Crippen LogP contribution in [0, 0.1) is 0 Å². The van der Waals surface area contributed by atoms with Crippen LogP contribution in [0.5, 0.6) is 11.5 Å². The van der Waals surface area contributed by atoms with Crippen LogP contribution in [0.1, 0.15) is 0 Å². The number of hydrogen-bond donors (Lipinski definition) is 2. The lowest BCUT2D eigenvalue weighted by molar-refractivity contribution is -0.118. The Kier molecular flexibility index (Phi) is 5.99. The van der Waals surface area contributed by atoms with Gasteiger partial charge in [0.1, 0.15) is 5.82 Å². The van der Waals surface area contributed by atoms with E-state index < -0.39 is 0 Å². The molecule has 156 valence electrons. The molecule has 1 amide bonds. The van der Waals surface area contributed by atoms with Gasteiger partial charge in [-0.3, -0.25) is 9.59 Å². The maximum absolute atomic E-state index is 12.4. The van der Waals surface area contributed by atoms with E-state index in [-0.39, 0.29) is 18.1 Å². The lowest BCUT2D eigenvalue weighted by Gasteiger charge is -2.14. The number of rotatable bonds is 6. The minimum atomic E-state index is -0.301. The molecule has 0 bridgehead atoms. The van der Waals surface area contributed by atoms with Crippen LogP contribution >= 0.6 is 15.9 Å². The van der Waals surface area contributed by atoms with Gasteiger partial charge in [-0.2, -0.15) is 0 Å². The average Bonchev–Trinajstić information content (AvgIpc) is 2.78. The second-order valence-corrected chi connectivity index (χ2v) is 7.48. The third kappa shape index (κ3) is 4.59. The van der Waals surface area contributed by atoms with E-state index in [2.05, 4.69) is 31.2 Å². The molecular formula is C23H18BrN3O4. The van der Waals surface area contributed by atoms with E-state index in [4.69, 9.17) is 9.47 Å². The molecule has 3 aromatic carbocycles. The summed E-state index contributed by atoms with van der Waals surface area (Å²) in [7, 11) is 1.50. The first-order chi connectivity index (χ1) is 15.0. The minimum absolute atomic E-state index is 0.200. The number of ether oxygens (including phenoxy) is 2. The van der Waals surface area contributed by atoms with Crippen molar-refractivity contribution in [2.75, 3.05) is 19.0 Å². The Hall–Kier alpha value is -3.65. The lowest BCUT2D eigenvalue weighted by Crippen LogP contribution is -2.20. The van der Waals surface area contributed by atoms with E-state index in [0.29, 0.717) is 43.9 Å². The van der Waals surface area contributed by atoms with Crippen molar-refractivity contribution in [1.29, 1.82) is 0 Å². The van der Waals surface area contributed by atoms with E-state index in [1.54, 1.807) is 42.5 Å². The summed E-state index contributed by atoms with van der Waals surface area (Å²) in [4.78, 5) is 31.9. The van der Waals surface area contributed by atoms with Crippen LogP contribution in [-0.2, 0) is 4.79 Å². The van der Waals surface area contributed by atoms with Crippen molar-refractivity contribution in [3.8, 4) is 22.9 Å². The van der Waals surface area contributed by atoms with Crippen LogP contribution in [0.3, 0.4) is 0 Å².